The Labute approximate surface area is 119 Å². The molecule has 0 unspecified atom stereocenters. The molecule has 1 aliphatic heterocycles. The third-order valence-corrected chi connectivity index (χ3v) is 3.92. The summed E-state index contributed by atoms with van der Waals surface area (Å²) in [4.78, 5) is 0. The van der Waals surface area contributed by atoms with Crippen LogP contribution in [0.2, 0.25) is 0 Å². The lowest BCUT2D eigenvalue weighted by molar-refractivity contribution is -0.931. The Bertz CT molecular complexity index is 301. The Balaban J connectivity index is 0.000000555. The van der Waals surface area contributed by atoms with Crippen LogP contribution in [0.3, 0.4) is 0 Å². The fourth-order valence-electron chi connectivity index (χ4n) is 2.75. The molecule has 0 spiro atoms. The Morgan fingerprint density at radius 2 is 1.53 bits per heavy atom. The minimum Gasteiger partial charge on any atom is -0.748 e. The highest BCUT2D eigenvalue weighted by molar-refractivity contribution is 7.84. The van der Waals surface area contributed by atoms with Crippen LogP contribution >= 0.6 is 0 Å². The lowest BCUT2D eigenvalue weighted by Crippen LogP contribution is -2.51. The van der Waals surface area contributed by atoms with E-state index in [4.69, 9.17) is 13.0 Å². The van der Waals surface area contributed by atoms with Crippen molar-refractivity contribution in [1.29, 1.82) is 0 Å². The molecular formula is C14H31NO3S. The van der Waals surface area contributed by atoms with Crippen molar-refractivity contribution in [1.82, 2.24) is 0 Å². The monoisotopic (exact) mass is 293 g/mol. The largest absolute Gasteiger partial charge is 0.748 e. The van der Waals surface area contributed by atoms with E-state index in [2.05, 4.69) is 13.8 Å². The van der Waals surface area contributed by atoms with E-state index in [9.17, 15) is 0 Å². The van der Waals surface area contributed by atoms with Gasteiger partial charge in [-0.3, -0.25) is 0 Å². The van der Waals surface area contributed by atoms with Gasteiger partial charge in [0.2, 0.25) is 0 Å². The van der Waals surface area contributed by atoms with Gasteiger partial charge in [0.15, 0.2) is 0 Å². The number of hydrogen-bond donors (Lipinski definition) is 0. The second-order valence-electron chi connectivity index (χ2n) is 5.65. The molecule has 0 aromatic rings. The van der Waals surface area contributed by atoms with E-state index < -0.39 is 10.1 Å². The summed E-state index contributed by atoms with van der Waals surface area (Å²) in [7, 11) is -3.92. The van der Waals surface area contributed by atoms with E-state index in [0.717, 1.165) is 0 Å². The minimum atomic E-state index is -3.92. The first kappa shape index (κ1) is 18.9. The minimum absolute atomic E-state index is 0.604. The molecule has 0 bridgehead atoms. The number of quaternary nitrogens is 1. The summed E-state index contributed by atoms with van der Waals surface area (Å²) in [6.45, 7) is 10.4. The van der Waals surface area contributed by atoms with Gasteiger partial charge < -0.3 is 9.04 Å². The van der Waals surface area contributed by atoms with Crippen LogP contribution in [0, 0.1) is 0 Å². The van der Waals surface area contributed by atoms with Gasteiger partial charge >= 0.3 is 0 Å². The van der Waals surface area contributed by atoms with Crippen molar-refractivity contribution in [2.45, 2.75) is 58.8 Å². The maximum Gasteiger partial charge on any atom is 0.0916 e. The average molecular weight is 293 g/mol. The van der Waals surface area contributed by atoms with Gasteiger partial charge in [-0.05, 0) is 39.0 Å². The zero-order valence-corrected chi connectivity index (χ0v) is 13.7. The normalized spacial score (nSPS) is 18.5. The molecule has 0 aromatic carbocycles. The van der Waals surface area contributed by atoms with Gasteiger partial charge in [0, 0.05) is 6.26 Å². The van der Waals surface area contributed by atoms with Crippen molar-refractivity contribution in [3.05, 3.63) is 0 Å². The molecule has 19 heavy (non-hydrogen) atoms. The fraction of sp³-hybridized carbons (Fsp3) is 1.00. The van der Waals surface area contributed by atoms with Gasteiger partial charge in [-0.15, -0.1) is 0 Å². The summed E-state index contributed by atoms with van der Waals surface area (Å²) in [5.74, 6) is 0. The average Bonchev–Trinajstić information content (AvgIpc) is 2.34. The molecule has 0 saturated carbocycles. The Kier molecular flexibility index (Phi) is 9.66. The van der Waals surface area contributed by atoms with Crippen LogP contribution in [0.5, 0.6) is 0 Å². The number of unbranched alkanes of at least 4 members (excludes halogenated alkanes) is 3. The topological polar surface area (TPSA) is 57.2 Å². The smallest absolute Gasteiger partial charge is 0.0916 e. The number of likely N-dealkylation sites (tertiary alicyclic amines) is 1. The third-order valence-electron chi connectivity index (χ3n) is 3.92. The quantitative estimate of drug-likeness (QED) is 0.430. The lowest BCUT2D eigenvalue weighted by Gasteiger charge is -2.41. The standard InChI is InChI=1S/C13H28N.CH4O3S/c1-3-5-6-8-11-14(4-2)12-9-7-10-13-14;1-5(2,3)4/h3-13H2,1-2H3;1H3,(H,2,3,4)/q+1;/p-1. The molecule has 1 fully saturated rings. The predicted molar refractivity (Wildman–Crippen MR) is 79.0 cm³/mol. The van der Waals surface area contributed by atoms with Gasteiger partial charge in [0.25, 0.3) is 0 Å². The number of hydrogen-bond acceptors (Lipinski definition) is 3. The molecule has 1 aliphatic rings. The highest BCUT2D eigenvalue weighted by atomic mass is 32.2. The lowest BCUT2D eigenvalue weighted by atomic mass is 10.1. The molecule has 5 heteroatoms. The maximum absolute atomic E-state index is 9.08. The summed E-state index contributed by atoms with van der Waals surface area (Å²) in [5, 5.41) is 0. The van der Waals surface area contributed by atoms with E-state index in [-0.39, 0.29) is 0 Å². The first-order valence-corrected chi connectivity index (χ1v) is 9.40. The second kappa shape index (κ2) is 9.72. The number of nitrogens with zero attached hydrogens (tertiary/aromatic N) is 1. The van der Waals surface area contributed by atoms with Crippen LogP contribution in [0.4, 0.5) is 0 Å². The highest BCUT2D eigenvalue weighted by Gasteiger charge is 2.26. The maximum atomic E-state index is 9.08. The van der Waals surface area contributed by atoms with Crippen LogP contribution in [0.15, 0.2) is 0 Å². The van der Waals surface area contributed by atoms with Gasteiger partial charge in [-0.1, -0.05) is 19.8 Å². The van der Waals surface area contributed by atoms with Crippen molar-refractivity contribution in [2.75, 3.05) is 32.4 Å². The number of rotatable bonds is 6. The first-order valence-electron chi connectivity index (χ1n) is 7.59. The Hall–Kier alpha value is -0.130. The van der Waals surface area contributed by atoms with Gasteiger partial charge in [0.1, 0.15) is 0 Å². The second-order valence-corrected chi connectivity index (χ2v) is 7.06. The van der Waals surface area contributed by atoms with Gasteiger partial charge in [0.05, 0.1) is 36.3 Å². The molecule has 1 rings (SSSR count). The highest BCUT2D eigenvalue weighted by Crippen LogP contribution is 2.19. The van der Waals surface area contributed by atoms with Crippen molar-refractivity contribution in [3.8, 4) is 0 Å². The molecular weight excluding hydrogens is 262 g/mol. The van der Waals surface area contributed by atoms with Crippen molar-refractivity contribution >= 4 is 10.1 Å². The van der Waals surface area contributed by atoms with E-state index in [0.29, 0.717) is 6.26 Å². The summed E-state index contributed by atoms with van der Waals surface area (Å²) in [6.07, 6.45) is 10.7. The SMILES string of the molecule is CCCCCC[N+]1(CC)CCCCC1.CS(=O)(=O)[O-]. The summed E-state index contributed by atoms with van der Waals surface area (Å²) < 4.78 is 28.7. The van der Waals surface area contributed by atoms with E-state index in [1.807, 2.05) is 0 Å². The zero-order valence-electron chi connectivity index (χ0n) is 12.9. The summed E-state index contributed by atoms with van der Waals surface area (Å²) in [5.41, 5.74) is 0. The molecule has 0 aliphatic carbocycles. The van der Waals surface area contributed by atoms with Crippen LogP contribution in [-0.4, -0.2) is 49.9 Å². The number of piperidine rings is 1. The molecule has 0 radical (unpaired) electrons. The van der Waals surface area contributed by atoms with Crippen LogP contribution in [-0.2, 0) is 10.1 Å². The van der Waals surface area contributed by atoms with E-state index in [1.165, 1.54) is 75.6 Å². The summed E-state index contributed by atoms with van der Waals surface area (Å²) in [6, 6.07) is 0. The Morgan fingerprint density at radius 3 is 1.95 bits per heavy atom. The van der Waals surface area contributed by atoms with E-state index >= 15 is 0 Å². The van der Waals surface area contributed by atoms with Crippen molar-refractivity contribution in [2.24, 2.45) is 0 Å². The van der Waals surface area contributed by atoms with Crippen LogP contribution in [0.25, 0.3) is 0 Å². The molecule has 1 heterocycles. The van der Waals surface area contributed by atoms with Crippen LogP contribution < -0.4 is 0 Å². The Morgan fingerprint density at radius 1 is 1.00 bits per heavy atom. The molecule has 0 atom stereocenters. The third kappa shape index (κ3) is 11.4. The molecule has 0 aromatic heterocycles. The van der Waals surface area contributed by atoms with Gasteiger partial charge in [-0.2, -0.15) is 0 Å². The zero-order chi connectivity index (χ0) is 14.8. The summed E-state index contributed by atoms with van der Waals surface area (Å²) >= 11 is 0. The van der Waals surface area contributed by atoms with Crippen molar-refractivity contribution in [3.63, 3.8) is 0 Å². The molecule has 4 nitrogen and oxygen atoms in total. The molecule has 116 valence electrons. The molecule has 1 saturated heterocycles. The first-order chi connectivity index (χ1) is 8.83. The van der Waals surface area contributed by atoms with Crippen LogP contribution in [0.1, 0.15) is 58.8 Å². The predicted octanol–water partition coefficient (Wildman–Crippen LogP) is 2.75. The fourth-order valence-corrected chi connectivity index (χ4v) is 2.75. The molecule has 0 N–H and O–H groups in total. The van der Waals surface area contributed by atoms with Gasteiger partial charge in [-0.25, -0.2) is 8.42 Å². The van der Waals surface area contributed by atoms with E-state index in [1.54, 1.807) is 0 Å². The van der Waals surface area contributed by atoms with Crippen molar-refractivity contribution < 1.29 is 17.5 Å². The molecule has 0 amide bonds.